The lowest BCUT2D eigenvalue weighted by molar-refractivity contribution is -0.137. The third-order valence-electron chi connectivity index (χ3n) is 1.84. The van der Waals surface area contributed by atoms with Crippen LogP contribution in [0.5, 0.6) is 0 Å². The Morgan fingerprint density at radius 2 is 2.00 bits per heavy atom. The molecule has 3 unspecified atom stereocenters. The number of hydrogen-bond acceptors (Lipinski definition) is 3. The first kappa shape index (κ1) is 13.6. The molecule has 0 aromatic carbocycles. The first-order valence-electron chi connectivity index (χ1n) is 4.69. The minimum atomic E-state index is -0.804. The van der Waals surface area contributed by atoms with E-state index in [9.17, 15) is 9.00 Å². The maximum Gasteiger partial charge on any atom is 0.303 e. The summed E-state index contributed by atoms with van der Waals surface area (Å²) in [6.07, 6.45) is 2.45. The topological polar surface area (TPSA) is 66.4 Å². The van der Waals surface area contributed by atoms with Gasteiger partial charge in [-0.2, -0.15) is 0 Å². The summed E-state index contributed by atoms with van der Waals surface area (Å²) in [6, 6.07) is 0.328. The van der Waals surface area contributed by atoms with Crippen LogP contribution in [0.2, 0.25) is 0 Å². The van der Waals surface area contributed by atoms with Crippen LogP contribution in [0, 0.1) is 0 Å². The van der Waals surface area contributed by atoms with E-state index < -0.39 is 16.8 Å². The quantitative estimate of drug-likeness (QED) is 0.660. The van der Waals surface area contributed by atoms with Crippen molar-refractivity contribution in [3.8, 4) is 0 Å². The molecule has 0 aliphatic heterocycles. The molecule has 0 heterocycles. The molecule has 0 saturated heterocycles. The highest BCUT2D eigenvalue weighted by molar-refractivity contribution is 7.84. The van der Waals surface area contributed by atoms with E-state index in [1.807, 2.05) is 13.8 Å². The van der Waals surface area contributed by atoms with Gasteiger partial charge in [0.15, 0.2) is 0 Å². The zero-order valence-corrected chi connectivity index (χ0v) is 9.76. The lowest BCUT2D eigenvalue weighted by atomic mass is 10.1. The van der Waals surface area contributed by atoms with Crippen molar-refractivity contribution in [2.75, 3.05) is 12.0 Å². The van der Waals surface area contributed by atoms with Gasteiger partial charge in [0, 0.05) is 41.3 Å². The third-order valence-corrected chi connectivity index (χ3v) is 2.81. The Hall–Kier alpha value is -0.420. The standard InChI is InChI=1S/C9H19NO3S/c1-7(4-5-9(11)12)10-8(2)6-14(3)13/h7-8,10H,4-6H2,1-3H3,(H,11,12). The lowest BCUT2D eigenvalue weighted by Crippen LogP contribution is -2.38. The summed E-state index contributed by atoms with van der Waals surface area (Å²) >= 11 is 0. The minimum Gasteiger partial charge on any atom is -0.481 e. The van der Waals surface area contributed by atoms with E-state index in [4.69, 9.17) is 5.11 Å². The van der Waals surface area contributed by atoms with Gasteiger partial charge in [-0.1, -0.05) is 0 Å². The van der Waals surface area contributed by atoms with Crippen LogP contribution in [0.3, 0.4) is 0 Å². The van der Waals surface area contributed by atoms with Gasteiger partial charge in [-0.05, 0) is 20.3 Å². The first-order chi connectivity index (χ1) is 6.41. The molecule has 0 aliphatic rings. The highest BCUT2D eigenvalue weighted by Crippen LogP contribution is 1.98. The van der Waals surface area contributed by atoms with Gasteiger partial charge in [0.1, 0.15) is 0 Å². The molecule has 0 radical (unpaired) electrons. The minimum absolute atomic E-state index is 0.157. The van der Waals surface area contributed by atoms with Crippen LogP contribution >= 0.6 is 0 Å². The van der Waals surface area contributed by atoms with Gasteiger partial charge in [0.2, 0.25) is 0 Å². The van der Waals surface area contributed by atoms with Gasteiger partial charge >= 0.3 is 5.97 Å². The molecule has 3 atom stereocenters. The zero-order chi connectivity index (χ0) is 11.1. The van der Waals surface area contributed by atoms with Crippen LogP contribution in [-0.4, -0.2) is 39.4 Å². The maximum absolute atomic E-state index is 10.9. The maximum atomic E-state index is 10.9. The molecular weight excluding hydrogens is 202 g/mol. The number of carboxylic acid groups (broad SMARTS) is 1. The number of carbonyl (C=O) groups is 1. The van der Waals surface area contributed by atoms with E-state index >= 15 is 0 Å². The largest absolute Gasteiger partial charge is 0.481 e. The molecule has 0 fully saturated rings. The number of rotatable bonds is 7. The molecule has 0 aromatic heterocycles. The fourth-order valence-corrected chi connectivity index (χ4v) is 2.11. The van der Waals surface area contributed by atoms with Crippen molar-refractivity contribution in [1.82, 2.24) is 5.32 Å². The Morgan fingerprint density at radius 3 is 2.43 bits per heavy atom. The van der Waals surface area contributed by atoms with Crippen molar-refractivity contribution in [1.29, 1.82) is 0 Å². The van der Waals surface area contributed by atoms with Crippen molar-refractivity contribution in [2.45, 2.75) is 38.8 Å². The van der Waals surface area contributed by atoms with Gasteiger partial charge < -0.3 is 10.4 Å². The van der Waals surface area contributed by atoms with Gasteiger partial charge in [0.05, 0.1) is 0 Å². The summed E-state index contributed by atoms with van der Waals surface area (Å²) in [5.74, 6) is -0.164. The van der Waals surface area contributed by atoms with Gasteiger partial charge in [-0.3, -0.25) is 9.00 Å². The number of nitrogens with one attached hydrogen (secondary N) is 1. The van der Waals surface area contributed by atoms with Crippen LogP contribution in [-0.2, 0) is 15.6 Å². The molecule has 0 amide bonds. The van der Waals surface area contributed by atoms with E-state index in [1.165, 1.54) is 0 Å². The highest BCUT2D eigenvalue weighted by Gasteiger charge is 2.09. The molecule has 0 bridgehead atoms. The van der Waals surface area contributed by atoms with Gasteiger partial charge in [-0.15, -0.1) is 0 Å². The molecule has 5 heteroatoms. The monoisotopic (exact) mass is 221 g/mol. The number of hydrogen-bond donors (Lipinski definition) is 2. The molecule has 0 rings (SSSR count). The summed E-state index contributed by atoms with van der Waals surface area (Å²) in [5.41, 5.74) is 0. The molecule has 0 spiro atoms. The Morgan fingerprint density at radius 1 is 1.43 bits per heavy atom. The smallest absolute Gasteiger partial charge is 0.303 e. The summed E-state index contributed by atoms with van der Waals surface area (Å²) in [6.45, 7) is 3.90. The Balaban J connectivity index is 3.65. The Bertz CT molecular complexity index is 208. The van der Waals surface area contributed by atoms with Crippen LogP contribution in [0.25, 0.3) is 0 Å². The molecule has 2 N–H and O–H groups in total. The lowest BCUT2D eigenvalue weighted by Gasteiger charge is -2.18. The van der Waals surface area contributed by atoms with Crippen molar-refractivity contribution in [3.63, 3.8) is 0 Å². The van der Waals surface area contributed by atoms with Crippen molar-refractivity contribution in [2.24, 2.45) is 0 Å². The molecule has 84 valence electrons. The predicted octanol–water partition coefficient (Wildman–Crippen LogP) is 0.596. The number of aliphatic carboxylic acids is 1. The third kappa shape index (κ3) is 8.19. The second kappa shape index (κ2) is 6.95. The van der Waals surface area contributed by atoms with Crippen molar-refractivity contribution >= 4 is 16.8 Å². The molecule has 14 heavy (non-hydrogen) atoms. The van der Waals surface area contributed by atoms with Crippen LogP contribution in [0.4, 0.5) is 0 Å². The average Bonchev–Trinajstić information content (AvgIpc) is 1.98. The van der Waals surface area contributed by atoms with Crippen LogP contribution < -0.4 is 5.32 Å². The van der Waals surface area contributed by atoms with Gasteiger partial charge in [0.25, 0.3) is 0 Å². The fraction of sp³-hybridized carbons (Fsp3) is 0.889. The summed E-state index contributed by atoms with van der Waals surface area (Å²) in [5, 5.41) is 11.7. The normalized spacial score (nSPS) is 17.4. The van der Waals surface area contributed by atoms with E-state index in [0.29, 0.717) is 12.2 Å². The molecule has 4 nitrogen and oxygen atoms in total. The number of carboxylic acids is 1. The molecule has 0 aromatic rings. The summed E-state index contributed by atoms with van der Waals surface area (Å²) in [7, 11) is -0.804. The summed E-state index contributed by atoms with van der Waals surface area (Å²) < 4.78 is 10.9. The summed E-state index contributed by atoms with van der Waals surface area (Å²) in [4.78, 5) is 10.3. The second-order valence-corrected chi connectivity index (χ2v) is 5.12. The van der Waals surface area contributed by atoms with E-state index in [2.05, 4.69) is 5.32 Å². The first-order valence-corrected chi connectivity index (χ1v) is 6.42. The molecular formula is C9H19NO3S. The van der Waals surface area contributed by atoms with Crippen LogP contribution in [0.1, 0.15) is 26.7 Å². The molecule has 0 aliphatic carbocycles. The molecule has 0 saturated carbocycles. The van der Waals surface area contributed by atoms with E-state index in [0.717, 1.165) is 0 Å². The van der Waals surface area contributed by atoms with Crippen molar-refractivity contribution in [3.05, 3.63) is 0 Å². The Labute approximate surface area is 87.5 Å². The SMILES string of the molecule is CC(CCC(=O)O)NC(C)CS(C)=O. The second-order valence-electron chi connectivity index (χ2n) is 3.64. The fourth-order valence-electron chi connectivity index (χ4n) is 1.31. The Kier molecular flexibility index (Phi) is 6.74. The van der Waals surface area contributed by atoms with Gasteiger partial charge in [-0.25, -0.2) is 0 Å². The van der Waals surface area contributed by atoms with Crippen LogP contribution in [0.15, 0.2) is 0 Å². The van der Waals surface area contributed by atoms with E-state index in [1.54, 1.807) is 6.26 Å². The zero-order valence-electron chi connectivity index (χ0n) is 8.95. The predicted molar refractivity (Wildman–Crippen MR) is 57.9 cm³/mol. The highest BCUT2D eigenvalue weighted by atomic mass is 32.2. The van der Waals surface area contributed by atoms with E-state index in [-0.39, 0.29) is 18.5 Å². The van der Waals surface area contributed by atoms with Crippen molar-refractivity contribution < 1.29 is 14.1 Å². The average molecular weight is 221 g/mol.